The molecule has 7 heteroatoms. The average Bonchev–Trinajstić information content (AvgIpc) is 3.27. The van der Waals surface area contributed by atoms with E-state index in [9.17, 15) is 4.79 Å². The summed E-state index contributed by atoms with van der Waals surface area (Å²) >= 11 is 6.71. The van der Waals surface area contributed by atoms with Crippen molar-refractivity contribution >= 4 is 51.2 Å². The fourth-order valence-corrected chi connectivity index (χ4v) is 5.02. The van der Waals surface area contributed by atoms with E-state index >= 15 is 0 Å². The van der Waals surface area contributed by atoms with Crippen molar-refractivity contribution in [2.24, 2.45) is 0 Å². The molecule has 0 spiro atoms. The number of methoxy groups -OCH3 is 1. The van der Waals surface area contributed by atoms with E-state index in [-0.39, 0.29) is 5.91 Å². The van der Waals surface area contributed by atoms with Crippen LogP contribution in [-0.4, -0.2) is 40.0 Å². The van der Waals surface area contributed by atoms with Crippen LogP contribution in [-0.2, 0) is 11.3 Å². The highest BCUT2D eigenvalue weighted by molar-refractivity contribution is 8.26. The molecule has 0 aliphatic carbocycles. The molecule has 2 aromatic carbocycles. The Hall–Kier alpha value is -2.77. The lowest BCUT2D eigenvalue weighted by atomic mass is 10.1. The Morgan fingerprint density at radius 1 is 1.10 bits per heavy atom. The lowest BCUT2D eigenvalue weighted by molar-refractivity contribution is -0.121. The molecular formula is C24H24N2O3S2. The fourth-order valence-electron chi connectivity index (χ4n) is 3.64. The summed E-state index contributed by atoms with van der Waals surface area (Å²) < 4.78 is 14.1. The average molecular weight is 453 g/mol. The summed E-state index contributed by atoms with van der Waals surface area (Å²) in [6.45, 7) is 3.92. The van der Waals surface area contributed by atoms with Crippen LogP contribution in [0.1, 0.15) is 18.9 Å². The molecule has 1 fully saturated rings. The van der Waals surface area contributed by atoms with E-state index in [1.54, 1.807) is 12.0 Å². The number of carbonyl (C=O) groups is 1. The number of nitrogens with zero attached hydrogens (tertiary/aromatic N) is 2. The lowest BCUT2D eigenvalue weighted by Gasteiger charge is -2.11. The maximum atomic E-state index is 12.6. The zero-order valence-electron chi connectivity index (χ0n) is 17.5. The van der Waals surface area contributed by atoms with Gasteiger partial charge in [-0.3, -0.25) is 9.69 Å². The highest BCUT2D eigenvalue weighted by Gasteiger charge is 2.30. The van der Waals surface area contributed by atoms with Crippen molar-refractivity contribution < 1.29 is 14.3 Å². The van der Waals surface area contributed by atoms with Crippen molar-refractivity contribution in [3.8, 4) is 11.5 Å². The first-order chi connectivity index (χ1) is 15.1. The van der Waals surface area contributed by atoms with Gasteiger partial charge in [-0.15, -0.1) is 0 Å². The van der Waals surface area contributed by atoms with Crippen LogP contribution < -0.4 is 9.47 Å². The van der Waals surface area contributed by atoms with Crippen molar-refractivity contribution in [2.75, 3.05) is 20.3 Å². The number of benzene rings is 2. The minimum atomic E-state index is -0.0143. The number of hydrogen-bond donors (Lipinski definition) is 0. The van der Waals surface area contributed by atoms with Gasteiger partial charge in [0.15, 0.2) is 11.5 Å². The Balaban J connectivity index is 1.50. The Kier molecular flexibility index (Phi) is 6.63. The number of rotatable bonds is 8. The van der Waals surface area contributed by atoms with Gasteiger partial charge in [0.25, 0.3) is 5.91 Å². The lowest BCUT2D eigenvalue weighted by Crippen LogP contribution is -2.27. The fraction of sp³-hybridized carbons (Fsp3) is 0.250. The zero-order valence-corrected chi connectivity index (χ0v) is 19.2. The van der Waals surface area contributed by atoms with Crippen LogP contribution in [0.25, 0.3) is 17.0 Å². The predicted molar refractivity (Wildman–Crippen MR) is 131 cm³/mol. The molecule has 1 aliphatic heterocycles. The van der Waals surface area contributed by atoms with Gasteiger partial charge in [0.1, 0.15) is 4.32 Å². The summed E-state index contributed by atoms with van der Waals surface area (Å²) in [5.41, 5.74) is 2.16. The van der Waals surface area contributed by atoms with E-state index in [0.717, 1.165) is 40.9 Å². The van der Waals surface area contributed by atoms with Crippen LogP contribution >= 0.6 is 24.0 Å². The number of likely N-dealkylation sites (N-methyl/N-ethyl adjacent to an activating group) is 1. The highest BCUT2D eigenvalue weighted by atomic mass is 32.2. The first-order valence-electron chi connectivity index (χ1n) is 10.2. The third-order valence-electron chi connectivity index (χ3n) is 5.17. The number of para-hydroxylation sites is 3. The number of hydrogen-bond acceptors (Lipinski definition) is 5. The number of fused-ring (bicyclic) bond motifs is 1. The van der Waals surface area contributed by atoms with E-state index in [2.05, 4.69) is 22.9 Å². The topological polar surface area (TPSA) is 43.7 Å². The second-order valence-electron chi connectivity index (χ2n) is 7.07. The van der Waals surface area contributed by atoms with Crippen LogP contribution in [0.2, 0.25) is 0 Å². The predicted octanol–water partition coefficient (Wildman–Crippen LogP) is 5.34. The smallest absolute Gasteiger partial charge is 0.266 e. The molecule has 1 aliphatic rings. The molecule has 0 radical (unpaired) electrons. The summed E-state index contributed by atoms with van der Waals surface area (Å²) in [7, 11) is 1.64. The molecule has 2 heterocycles. The number of aromatic nitrogens is 1. The van der Waals surface area contributed by atoms with Gasteiger partial charge < -0.3 is 14.0 Å². The molecule has 0 saturated carbocycles. The van der Waals surface area contributed by atoms with Gasteiger partial charge in [-0.2, -0.15) is 0 Å². The van der Waals surface area contributed by atoms with Crippen molar-refractivity contribution in [3.05, 3.63) is 65.2 Å². The zero-order chi connectivity index (χ0) is 21.8. The Bertz CT molecular complexity index is 1150. The Morgan fingerprint density at radius 3 is 2.58 bits per heavy atom. The Labute approximate surface area is 191 Å². The van der Waals surface area contributed by atoms with Gasteiger partial charge in [0.2, 0.25) is 0 Å². The van der Waals surface area contributed by atoms with E-state index in [0.29, 0.717) is 22.4 Å². The summed E-state index contributed by atoms with van der Waals surface area (Å²) in [5, 5.41) is 1.12. The number of carbonyl (C=O) groups excluding carboxylic acids is 1. The molecule has 5 nitrogen and oxygen atoms in total. The van der Waals surface area contributed by atoms with Gasteiger partial charge >= 0.3 is 0 Å². The molecular weight excluding hydrogens is 428 g/mol. The van der Waals surface area contributed by atoms with Crippen LogP contribution in [0.3, 0.4) is 0 Å². The van der Waals surface area contributed by atoms with Gasteiger partial charge in [-0.1, -0.05) is 54.3 Å². The third kappa shape index (κ3) is 4.48. The van der Waals surface area contributed by atoms with Gasteiger partial charge in [-0.25, -0.2) is 0 Å². The molecule has 1 amide bonds. The van der Waals surface area contributed by atoms with Crippen molar-refractivity contribution in [1.29, 1.82) is 0 Å². The monoisotopic (exact) mass is 452 g/mol. The summed E-state index contributed by atoms with van der Waals surface area (Å²) in [4.78, 5) is 14.9. The molecule has 1 aromatic heterocycles. The van der Waals surface area contributed by atoms with Crippen LogP contribution in [0.4, 0.5) is 0 Å². The molecule has 0 N–H and O–H groups in total. The van der Waals surface area contributed by atoms with Crippen molar-refractivity contribution in [3.63, 3.8) is 0 Å². The molecule has 31 heavy (non-hydrogen) atoms. The second-order valence-corrected chi connectivity index (χ2v) is 8.75. The maximum absolute atomic E-state index is 12.6. The molecule has 0 unspecified atom stereocenters. The molecule has 0 bridgehead atoms. The van der Waals surface area contributed by atoms with Crippen LogP contribution in [0, 0.1) is 0 Å². The van der Waals surface area contributed by atoms with E-state index in [1.807, 2.05) is 49.4 Å². The molecule has 160 valence electrons. The molecule has 1 saturated heterocycles. The third-order valence-corrected chi connectivity index (χ3v) is 6.54. The SMILES string of the molecule is CCN1C(=O)/C(=C/c2cn(CCCOc3ccccc3OC)c3ccccc23)SC1=S. The number of amides is 1. The maximum Gasteiger partial charge on any atom is 0.266 e. The normalized spacial score (nSPS) is 15.3. The van der Waals surface area contributed by atoms with Crippen molar-refractivity contribution in [2.45, 2.75) is 19.9 Å². The Morgan fingerprint density at radius 2 is 1.84 bits per heavy atom. The summed E-state index contributed by atoms with van der Waals surface area (Å²) in [5.74, 6) is 1.47. The summed E-state index contributed by atoms with van der Waals surface area (Å²) in [6.07, 6.45) is 4.90. The van der Waals surface area contributed by atoms with Gasteiger partial charge in [0, 0.05) is 35.8 Å². The van der Waals surface area contributed by atoms with Gasteiger partial charge in [-0.05, 0) is 37.6 Å². The minimum Gasteiger partial charge on any atom is -0.493 e. The molecule has 3 aromatic rings. The number of aryl methyl sites for hydroxylation is 1. The number of thiocarbonyl (C=S) groups is 1. The minimum absolute atomic E-state index is 0.0143. The molecule has 4 rings (SSSR count). The van der Waals surface area contributed by atoms with E-state index in [1.165, 1.54) is 11.8 Å². The largest absolute Gasteiger partial charge is 0.493 e. The second kappa shape index (κ2) is 9.58. The number of thioether (sulfide) groups is 1. The van der Waals surface area contributed by atoms with Crippen LogP contribution in [0.5, 0.6) is 11.5 Å². The molecule has 0 atom stereocenters. The van der Waals surface area contributed by atoms with E-state index < -0.39 is 0 Å². The first kappa shape index (κ1) is 21.5. The summed E-state index contributed by atoms with van der Waals surface area (Å²) in [6, 6.07) is 15.9. The first-order valence-corrected chi connectivity index (χ1v) is 11.4. The quantitative estimate of drug-likeness (QED) is 0.262. The van der Waals surface area contributed by atoms with Crippen LogP contribution in [0.15, 0.2) is 59.6 Å². The highest BCUT2D eigenvalue weighted by Crippen LogP contribution is 2.34. The number of ether oxygens (including phenoxy) is 2. The van der Waals surface area contributed by atoms with Gasteiger partial charge in [0.05, 0.1) is 18.6 Å². The van der Waals surface area contributed by atoms with Crippen molar-refractivity contribution in [1.82, 2.24) is 9.47 Å². The van der Waals surface area contributed by atoms with E-state index in [4.69, 9.17) is 21.7 Å². The standard InChI is InChI=1S/C24H24N2O3S2/c1-3-26-23(27)22(31-24(26)30)15-17-16-25(19-10-5-4-9-18(17)19)13-8-14-29-21-12-7-6-11-20(21)28-2/h4-7,9-12,15-16H,3,8,13-14H2,1-2H3/b22-15-.